The lowest BCUT2D eigenvalue weighted by Crippen LogP contribution is -2.08. The van der Waals surface area contributed by atoms with Gasteiger partial charge in [0, 0.05) is 29.1 Å². The molecule has 1 aromatic heterocycles. The third-order valence-corrected chi connectivity index (χ3v) is 4.16. The minimum Gasteiger partial charge on any atom is -0.322 e. The summed E-state index contributed by atoms with van der Waals surface area (Å²) in [6, 6.07) is 12.8. The maximum Gasteiger partial charge on any atom is 0.306 e. The Morgan fingerprint density at radius 3 is 2.61 bits per heavy atom. The lowest BCUT2D eigenvalue weighted by molar-refractivity contribution is -0.387. The molecular formula is C20H17FN4O3. The van der Waals surface area contributed by atoms with Gasteiger partial charge >= 0.3 is 5.69 Å². The van der Waals surface area contributed by atoms with Crippen LogP contribution < -0.4 is 5.32 Å². The number of nitrogens with one attached hydrogen (secondary N) is 1. The van der Waals surface area contributed by atoms with Gasteiger partial charge in [-0.25, -0.2) is 4.68 Å². The largest absolute Gasteiger partial charge is 0.322 e. The Hall–Kier alpha value is -3.81. The Morgan fingerprint density at radius 2 is 1.93 bits per heavy atom. The summed E-state index contributed by atoms with van der Waals surface area (Å²) in [5, 5.41) is 17.8. The molecule has 7 nitrogen and oxygen atoms in total. The molecule has 0 bridgehead atoms. The highest BCUT2D eigenvalue weighted by Crippen LogP contribution is 2.22. The number of benzene rings is 2. The second kappa shape index (κ2) is 7.83. The molecule has 3 aromatic rings. The van der Waals surface area contributed by atoms with Gasteiger partial charge in [-0.2, -0.15) is 9.49 Å². The molecule has 2 aromatic carbocycles. The fourth-order valence-corrected chi connectivity index (χ4v) is 2.79. The molecule has 0 fully saturated rings. The highest BCUT2D eigenvalue weighted by molar-refractivity contribution is 6.02. The number of aryl methyl sites for hydroxylation is 1. The Labute approximate surface area is 160 Å². The number of halogens is 1. The van der Waals surface area contributed by atoms with Crippen molar-refractivity contribution in [1.29, 1.82) is 0 Å². The first-order valence-electron chi connectivity index (χ1n) is 8.41. The molecule has 28 heavy (non-hydrogen) atoms. The molecule has 1 amide bonds. The molecule has 0 spiro atoms. The Morgan fingerprint density at radius 1 is 1.21 bits per heavy atom. The van der Waals surface area contributed by atoms with Gasteiger partial charge in [0.15, 0.2) is 0 Å². The molecule has 0 aliphatic carbocycles. The SMILES string of the molecule is Cc1nn(-c2ccccc2)c(C)c1/C=C/C(=O)Nc1ccc(F)c([N+](=O)[O-])c1. The zero-order valence-corrected chi connectivity index (χ0v) is 15.2. The van der Waals surface area contributed by atoms with Crippen molar-refractivity contribution < 1.29 is 14.1 Å². The molecular weight excluding hydrogens is 363 g/mol. The lowest BCUT2D eigenvalue weighted by atomic mass is 10.2. The Kier molecular flexibility index (Phi) is 5.30. The van der Waals surface area contributed by atoms with Crippen molar-refractivity contribution in [3.8, 4) is 5.69 Å². The number of carbonyl (C=O) groups is 1. The van der Waals surface area contributed by atoms with E-state index in [-0.39, 0.29) is 5.69 Å². The predicted octanol–water partition coefficient (Wildman–Crippen LogP) is 4.19. The summed E-state index contributed by atoms with van der Waals surface area (Å²) in [5.41, 5.74) is 2.76. The molecule has 8 heteroatoms. The molecule has 3 rings (SSSR count). The summed E-state index contributed by atoms with van der Waals surface area (Å²) in [5.74, 6) is -1.45. The first kappa shape index (κ1) is 19.0. The van der Waals surface area contributed by atoms with E-state index in [9.17, 15) is 19.3 Å². The van der Waals surface area contributed by atoms with Gasteiger partial charge in [-0.15, -0.1) is 0 Å². The third kappa shape index (κ3) is 3.96. The second-order valence-corrected chi connectivity index (χ2v) is 6.08. The molecule has 0 radical (unpaired) electrons. The first-order valence-corrected chi connectivity index (χ1v) is 8.41. The average Bonchev–Trinajstić information content (AvgIpc) is 2.96. The molecule has 0 saturated carbocycles. The summed E-state index contributed by atoms with van der Waals surface area (Å²) in [4.78, 5) is 22.1. The van der Waals surface area contributed by atoms with Crippen LogP contribution in [0.15, 0.2) is 54.6 Å². The molecule has 0 aliphatic rings. The molecule has 1 N–H and O–H groups in total. The highest BCUT2D eigenvalue weighted by Gasteiger charge is 2.15. The van der Waals surface area contributed by atoms with Gasteiger partial charge in [0.05, 0.1) is 16.3 Å². The number of hydrogen-bond acceptors (Lipinski definition) is 4. The van der Waals surface area contributed by atoms with Crippen molar-refractivity contribution in [3.63, 3.8) is 0 Å². The molecule has 0 unspecified atom stereocenters. The fourth-order valence-electron chi connectivity index (χ4n) is 2.79. The van der Waals surface area contributed by atoms with Crippen LogP contribution in [0.3, 0.4) is 0 Å². The minimum absolute atomic E-state index is 0.135. The monoisotopic (exact) mass is 380 g/mol. The fraction of sp³-hybridized carbons (Fsp3) is 0.100. The van der Waals surface area contributed by atoms with E-state index in [1.54, 1.807) is 10.8 Å². The van der Waals surface area contributed by atoms with Crippen LogP contribution in [-0.4, -0.2) is 20.6 Å². The molecule has 0 saturated heterocycles. The van der Waals surface area contributed by atoms with E-state index in [0.717, 1.165) is 34.8 Å². The van der Waals surface area contributed by atoms with Crippen LogP contribution in [-0.2, 0) is 4.79 Å². The van der Waals surface area contributed by atoms with E-state index in [0.29, 0.717) is 0 Å². The molecule has 0 aliphatic heterocycles. The van der Waals surface area contributed by atoms with Crippen LogP contribution in [0.4, 0.5) is 15.8 Å². The number of hydrogen-bond donors (Lipinski definition) is 1. The number of para-hydroxylation sites is 1. The van der Waals surface area contributed by atoms with Crippen molar-refractivity contribution in [2.75, 3.05) is 5.32 Å². The van der Waals surface area contributed by atoms with Crippen LogP contribution in [0.25, 0.3) is 11.8 Å². The van der Waals surface area contributed by atoms with E-state index >= 15 is 0 Å². The van der Waals surface area contributed by atoms with E-state index in [1.807, 2.05) is 44.2 Å². The summed E-state index contributed by atoms with van der Waals surface area (Å²) in [6.07, 6.45) is 2.94. The minimum atomic E-state index is -0.960. The first-order chi connectivity index (χ1) is 13.4. The van der Waals surface area contributed by atoms with Gasteiger partial charge in [-0.05, 0) is 44.2 Å². The Bertz CT molecular complexity index is 1070. The maximum atomic E-state index is 13.4. The average molecular weight is 380 g/mol. The molecule has 142 valence electrons. The van der Waals surface area contributed by atoms with Crippen molar-refractivity contribution in [1.82, 2.24) is 9.78 Å². The summed E-state index contributed by atoms with van der Waals surface area (Å²) >= 11 is 0. The van der Waals surface area contributed by atoms with E-state index in [1.165, 1.54) is 12.1 Å². The van der Waals surface area contributed by atoms with E-state index in [4.69, 9.17) is 0 Å². The zero-order valence-electron chi connectivity index (χ0n) is 15.2. The van der Waals surface area contributed by atoms with Crippen LogP contribution >= 0.6 is 0 Å². The van der Waals surface area contributed by atoms with Crippen LogP contribution in [0, 0.1) is 29.8 Å². The lowest BCUT2D eigenvalue weighted by Gasteiger charge is -2.04. The molecule has 0 atom stereocenters. The predicted molar refractivity (Wildman–Crippen MR) is 104 cm³/mol. The van der Waals surface area contributed by atoms with Gasteiger partial charge in [0.2, 0.25) is 11.7 Å². The number of nitro benzene ring substituents is 1. The Balaban J connectivity index is 1.79. The standard InChI is InChI=1S/C20H17FN4O3/c1-13-17(14(2)24(23-13)16-6-4-3-5-7-16)9-11-20(26)22-15-8-10-18(21)19(12-15)25(27)28/h3-12H,1-2H3,(H,22,26)/b11-9+. The maximum absolute atomic E-state index is 13.4. The highest BCUT2D eigenvalue weighted by atomic mass is 19.1. The van der Waals surface area contributed by atoms with Gasteiger partial charge in [-0.1, -0.05) is 18.2 Å². The number of rotatable bonds is 5. The van der Waals surface area contributed by atoms with Crippen LogP contribution in [0.2, 0.25) is 0 Å². The van der Waals surface area contributed by atoms with Crippen molar-refractivity contribution in [2.45, 2.75) is 13.8 Å². The number of nitro groups is 1. The van der Waals surface area contributed by atoms with Gasteiger partial charge < -0.3 is 5.32 Å². The van der Waals surface area contributed by atoms with Crippen molar-refractivity contribution in [3.05, 3.63) is 87.5 Å². The summed E-state index contributed by atoms with van der Waals surface area (Å²) < 4.78 is 15.2. The van der Waals surface area contributed by atoms with Gasteiger partial charge in [0.1, 0.15) is 0 Å². The van der Waals surface area contributed by atoms with Gasteiger partial charge in [-0.3, -0.25) is 14.9 Å². The number of aromatic nitrogens is 2. The summed E-state index contributed by atoms with van der Waals surface area (Å²) in [6.45, 7) is 3.74. The topological polar surface area (TPSA) is 90.1 Å². The third-order valence-electron chi connectivity index (χ3n) is 4.16. The molecule has 1 heterocycles. The number of carbonyl (C=O) groups excluding carboxylic acids is 1. The number of amides is 1. The normalized spacial score (nSPS) is 11.0. The van der Waals surface area contributed by atoms with Crippen LogP contribution in [0.5, 0.6) is 0 Å². The zero-order chi connectivity index (χ0) is 20.3. The van der Waals surface area contributed by atoms with Crippen molar-refractivity contribution in [2.24, 2.45) is 0 Å². The smallest absolute Gasteiger partial charge is 0.306 e. The van der Waals surface area contributed by atoms with E-state index < -0.39 is 22.3 Å². The number of nitrogens with zero attached hydrogens (tertiary/aromatic N) is 3. The number of anilines is 1. The van der Waals surface area contributed by atoms with Crippen LogP contribution in [0.1, 0.15) is 17.0 Å². The summed E-state index contributed by atoms with van der Waals surface area (Å²) in [7, 11) is 0. The van der Waals surface area contributed by atoms with Crippen molar-refractivity contribution >= 4 is 23.4 Å². The quantitative estimate of drug-likeness (QED) is 0.408. The van der Waals surface area contributed by atoms with Gasteiger partial charge in [0.25, 0.3) is 0 Å². The van der Waals surface area contributed by atoms with E-state index in [2.05, 4.69) is 10.4 Å². The second-order valence-electron chi connectivity index (χ2n) is 6.08.